The second kappa shape index (κ2) is 12.1. The second-order valence-electron chi connectivity index (χ2n) is 4.42. The molecule has 0 unspecified atom stereocenters. The van der Waals surface area contributed by atoms with Gasteiger partial charge in [0.25, 0.3) is 0 Å². The van der Waals surface area contributed by atoms with Crippen molar-refractivity contribution < 1.29 is 14.4 Å². The van der Waals surface area contributed by atoms with Gasteiger partial charge < -0.3 is 15.0 Å². The number of aldehydes is 1. The lowest BCUT2D eigenvalue weighted by Crippen LogP contribution is -2.28. The summed E-state index contributed by atoms with van der Waals surface area (Å²) >= 11 is 3.13. The molecule has 0 bridgehead atoms. The van der Waals surface area contributed by atoms with Gasteiger partial charge in [-0.15, -0.1) is 0 Å². The van der Waals surface area contributed by atoms with E-state index in [0.29, 0.717) is 24.7 Å². The van der Waals surface area contributed by atoms with Gasteiger partial charge in [-0.2, -0.15) is 0 Å². The van der Waals surface area contributed by atoms with Gasteiger partial charge in [-0.3, -0.25) is 9.59 Å². The van der Waals surface area contributed by atoms with Crippen molar-refractivity contribution in [3.05, 3.63) is 0 Å². The van der Waals surface area contributed by atoms with Gasteiger partial charge >= 0.3 is 0 Å². The van der Waals surface area contributed by atoms with Crippen molar-refractivity contribution in [1.82, 2.24) is 10.2 Å². The van der Waals surface area contributed by atoms with E-state index in [2.05, 4.69) is 21.2 Å². The number of carbonyl (C=O) groups excluding carboxylic acids is 3. The molecule has 0 saturated heterocycles. The van der Waals surface area contributed by atoms with E-state index in [1.54, 1.807) is 11.9 Å². The van der Waals surface area contributed by atoms with Crippen molar-refractivity contribution in [2.75, 3.05) is 25.5 Å². The van der Waals surface area contributed by atoms with Crippen LogP contribution in [0.2, 0.25) is 0 Å². The molecule has 0 rings (SSSR count). The van der Waals surface area contributed by atoms with E-state index < -0.39 is 0 Å². The van der Waals surface area contributed by atoms with Gasteiger partial charge in [0.1, 0.15) is 6.29 Å². The maximum absolute atomic E-state index is 11.3. The Labute approximate surface area is 123 Å². The summed E-state index contributed by atoms with van der Waals surface area (Å²) < 4.78 is 0. The summed E-state index contributed by atoms with van der Waals surface area (Å²) in [6, 6.07) is 0. The van der Waals surface area contributed by atoms with Crippen molar-refractivity contribution in [2.45, 2.75) is 38.5 Å². The standard InChI is InChI=1S/C13H23BrN2O3/c1-16(13(19)11-14)9-5-3-2-4-7-12(18)15-8-6-10-17/h10H,2-9,11H2,1H3,(H,15,18). The van der Waals surface area contributed by atoms with Gasteiger partial charge in [0.15, 0.2) is 0 Å². The lowest BCUT2D eigenvalue weighted by Gasteiger charge is -2.15. The first kappa shape index (κ1) is 18.1. The zero-order valence-corrected chi connectivity index (χ0v) is 13.1. The van der Waals surface area contributed by atoms with E-state index in [0.717, 1.165) is 38.5 Å². The molecule has 0 atom stereocenters. The Balaban J connectivity index is 3.37. The summed E-state index contributed by atoms with van der Waals surface area (Å²) in [5.74, 6) is 0.1000. The molecule has 0 aromatic carbocycles. The summed E-state index contributed by atoms with van der Waals surface area (Å²) in [4.78, 5) is 34.3. The minimum atomic E-state index is 0.00781. The molecule has 1 N–H and O–H groups in total. The number of hydrogen-bond donors (Lipinski definition) is 1. The molecule has 19 heavy (non-hydrogen) atoms. The predicted octanol–water partition coefficient (Wildman–Crippen LogP) is 1.50. The van der Waals surface area contributed by atoms with Crippen LogP contribution in [0.15, 0.2) is 0 Å². The molecular weight excluding hydrogens is 312 g/mol. The monoisotopic (exact) mass is 334 g/mol. The Bertz CT molecular complexity index is 285. The smallest absolute Gasteiger partial charge is 0.232 e. The molecule has 0 aliphatic rings. The number of amides is 2. The number of nitrogens with one attached hydrogen (secondary N) is 1. The minimum Gasteiger partial charge on any atom is -0.356 e. The highest BCUT2D eigenvalue weighted by atomic mass is 79.9. The van der Waals surface area contributed by atoms with E-state index in [9.17, 15) is 14.4 Å². The number of alkyl halides is 1. The average molecular weight is 335 g/mol. The fourth-order valence-corrected chi connectivity index (χ4v) is 2.00. The van der Waals surface area contributed by atoms with Crippen LogP contribution in [0.25, 0.3) is 0 Å². The van der Waals surface area contributed by atoms with Crippen LogP contribution < -0.4 is 5.32 Å². The fourth-order valence-electron chi connectivity index (χ4n) is 1.57. The first-order chi connectivity index (χ1) is 9.11. The number of nitrogens with zero attached hydrogens (tertiary/aromatic N) is 1. The Morgan fingerprint density at radius 1 is 1.21 bits per heavy atom. The van der Waals surface area contributed by atoms with E-state index in [1.165, 1.54) is 0 Å². The molecule has 0 spiro atoms. The summed E-state index contributed by atoms with van der Waals surface area (Å²) in [5, 5.41) is 3.05. The highest BCUT2D eigenvalue weighted by Gasteiger charge is 2.05. The van der Waals surface area contributed by atoms with Crippen LogP contribution in [0.1, 0.15) is 38.5 Å². The fraction of sp³-hybridized carbons (Fsp3) is 0.769. The first-order valence-electron chi connectivity index (χ1n) is 6.62. The van der Waals surface area contributed by atoms with Crippen molar-refractivity contribution in [3.63, 3.8) is 0 Å². The third-order valence-corrected chi connectivity index (χ3v) is 3.25. The van der Waals surface area contributed by atoms with Crippen molar-refractivity contribution in [2.24, 2.45) is 0 Å². The van der Waals surface area contributed by atoms with Crippen LogP contribution in [0.4, 0.5) is 0 Å². The van der Waals surface area contributed by atoms with E-state index >= 15 is 0 Å². The van der Waals surface area contributed by atoms with Gasteiger partial charge in [-0.05, 0) is 12.8 Å². The molecule has 110 valence electrons. The molecule has 5 nitrogen and oxygen atoms in total. The van der Waals surface area contributed by atoms with Crippen LogP contribution in [0.3, 0.4) is 0 Å². The lowest BCUT2D eigenvalue weighted by atomic mass is 10.1. The number of rotatable bonds is 11. The summed E-state index contributed by atoms with van der Waals surface area (Å²) in [6.45, 7) is 1.19. The summed E-state index contributed by atoms with van der Waals surface area (Å²) in [7, 11) is 1.80. The molecule has 0 aromatic rings. The molecule has 6 heteroatoms. The zero-order valence-electron chi connectivity index (χ0n) is 11.5. The van der Waals surface area contributed by atoms with E-state index in [-0.39, 0.29) is 11.8 Å². The van der Waals surface area contributed by atoms with Crippen molar-refractivity contribution in [3.8, 4) is 0 Å². The highest BCUT2D eigenvalue weighted by molar-refractivity contribution is 9.09. The Kier molecular flexibility index (Phi) is 11.6. The van der Waals surface area contributed by atoms with Crippen molar-refractivity contribution in [1.29, 1.82) is 0 Å². The van der Waals surface area contributed by atoms with Crippen LogP contribution in [0.5, 0.6) is 0 Å². The molecular formula is C13H23BrN2O3. The van der Waals surface area contributed by atoms with Gasteiger partial charge in [0.2, 0.25) is 11.8 Å². The molecule has 0 aromatic heterocycles. The van der Waals surface area contributed by atoms with E-state index in [4.69, 9.17) is 0 Å². The molecule has 0 saturated carbocycles. The Morgan fingerprint density at radius 3 is 2.53 bits per heavy atom. The van der Waals surface area contributed by atoms with Gasteiger partial charge in [-0.1, -0.05) is 28.8 Å². The van der Waals surface area contributed by atoms with Crippen LogP contribution in [-0.2, 0) is 14.4 Å². The second-order valence-corrected chi connectivity index (χ2v) is 4.98. The third-order valence-electron chi connectivity index (χ3n) is 2.77. The quantitative estimate of drug-likeness (QED) is 0.353. The van der Waals surface area contributed by atoms with Crippen LogP contribution in [-0.4, -0.2) is 48.5 Å². The maximum atomic E-state index is 11.3. The van der Waals surface area contributed by atoms with Crippen LogP contribution >= 0.6 is 15.9 Å². The molecule has 0 aliphatic carbocycles. The lowest BCUT2D eigenvalue weighted by molar-refractivity contribution is -0.127. The number of carbonyl (C=O) groups is 3. The highest BCUT2D eigenvalue weighted by Crippen LogP contribution is 2.04. The Hall–Kier alpha value is -0.910. The molecule has 0 fully saturated rings. The van der Waals surface area contributed by atoms with E-state index in [1.807, 2.05) is 0 Å². The predicted molar refractivity (Wildman–Crippen MR) is 78.2 cm³/mol. The topological polar surface area (TPSA) is 66.5 Å². The average Bonchev–Trinajstić information content (AvgIpc) is 2.41. The number of hydrogen-bond acceptors (Lipinski definition) is 3. The van der Waals surface area contributed by atoms with Gasteiger partial charge in [-0.25, -0.2) is 0 Å². The van der Waals surface area contributed by atoms with Crippen LogP contribution in [0, 0.1) is 0 Å². The summed E-state index contributed by atoms with van der Waals surface area (Å²) in [6.07, 6.45) is 5.49. The van der Waals surface area contributed by atoms with Gasteiger partial charge in [0.05, 0.1) is 5.33 Å². The van der Waals surface area contributed by atoms with Crippen molar-refractivity contribution >= 4 is 34.0 Å². The molecule has 0 heterocycles. The largest absolute Gasteiger partial charge is 0.356 e. The third kappa shape index (κ3) is 10.7. The zero-order chi connectivity index (χ0) is 14.5. The molecule has 0 radical (unpaired) electrons. The molecule has 2 amide bonds. The maximum Gasteiger partial charge on any atom is 0.232 e. The number of halogens is 1. The van der Waals surface area contributed by atoms with Gasteiger partial charge in [0, 0.05) is 33.0 Å². The first-order valence-corrected chi connectivity index (χ1v) is 7.74. The SMILES string of the molecule is CN(CCCCCCC(=O)NCCC=O)C(=O)CBr. The Morgan fingerprint density at radius 2 is 1.89 bits per heavy atom. The minimum absolute atomic E-state index is 0.00781. The number of unbranched alkanes of at least 4 members (excludes halogenated alkanes) is 3. The summed E-state index contributed by atoms with van der Waals surface area (Å²) in [5.41, 5.74) is 0. The molecule has 0 aliphatic heterocycles. The normalized spacial score (nSPS) is 10.0.